The molecule has 33 heavy (non-hydrogen) atoms. The zero-order valence-electron chi connectivity index (χ0n) is 22.2. The van der Waals surface area contributed by atoms with E-state index in [-0.39, 0.29) is 0 Å². The maximum Gasteiger partial charge on any atom is 0.122 e. The first kappa shape index (κ1) is 28.2. The highest BCUT2D eigenvalue weighted by molar-refractivity contribution is 5.33. The number of aryl methyl sites for hydroxylation is 1. The second-order valence-corrected chi connectivity index (χ2v) is 10.3. The van der Waals surface area contributed by atoms with Crippen LogP contribution in [0, 0.1) is 0 Å². The molecule has 190 valence electrons. The van der Waals surface area contributed by atoms with Gasteiger partial charge >= 0.3 is 0 Å². The van der Waals surface area contributed by atoms with E-state index < -0.39 is 0 Å². The summed E-state index contributed by atoms with van der Waals surface area (Å²) in [6.45, 7) is 9.22. The van der Waals surface area contributed by atoms with Gasteiger partial charge in [0.25, 0.3) is 0 Å². The molecule has 0 aliphatic carbocycles. The van der Waals surface area contributed by atoms with Crippen molar-refractivity contribution < 1.29 is 4.74 Å². The highest BCUT2D eigenvalue weighted by Gasteiger charge is 2.13. The number of rotatable bonds is 20. The van der Waals surface area contributed by atoms with E-state index in [0.29, 0.717) is 0 Å². The molecule has 0 saturated carbocycles. The van der Waals surface area contributed by atoms with Gasteiger partial charge in [-0.2, -0.15) is 0 Å². The third-order valence-corrected chi connectivity index (χ3v) is 7.24. The average Bonchev–Trinajstić information content (AvgIpc) is 2.83. The largest absolute Gasteiger partial charge is 0.493 e. The van der Waals surface area contributed by atoms with E-state index >= 15 is 0 Å². The van der Waals surface area contributed by atoms with E-state index in [0.717, 1.165) is 18.8 Å². The number of unbranched alkanes of at least 4 members (excludes halogenated alkanes) is 13. The zero-order valence-corrected chi connectivity index (χ0v) is 22.2. The summed E-state index contributed by atoms with van der Waals surface area (Å²) in [7, 11) is 2.23. The molecule has 2 rings (SSSR count). The van der Waals surface area contributed by atoms with Gasteiger partial charge in [0.15, 0.2) is 0 Å². The summed E-state index contributed by atoms with van der Waals surface area (Å²) in [6.07, 6.45) is 22.0. The first-order chi connectivity index (χ1) is 16.3. The second-order valence-electron chi connectivity index (χ2n) is 10.3. The smallest absolute Gasteiger partial charge is 0.122 e. The van der Waals surface area contributed by atoms with Gasteiger partial charge < -0.3 is 14.5 Å². The minimum atomic E-state index is 0.869. The Morgan fingerprint density at radius 3 is 1.82 bits per heavy atom. The van der Waals surface area contributed by atoms with Crippen molar-refractivity contribution in [3.05, 3.63) is 29.8 Å². The first-order valence-electron chi connectivity index (χ1n) is 14.4. The van der Waals surface area contributed by atoms with E-state index in [2.05, 4.69) is 48.0 Å². The topological polar surface area (TPSA) is 15.7 Å². The first-order valence-corrected chi connectivity index (χ1v) is 14.4. The Kier molecular flexibility index (Phi) is 16.5. The molecule has 1 aromatic rings. The molecule has 0 atom stereocenters. The Morgan fingerprint density at radius 2 is 1.21 bits per heavy atom. The highest BCUT2D eigenvalue weighted by Crippen LogP contribution is 2.21. The maximum absolute atomic E-state index is 6.18. The van der Waals surface area contributed by atoms with Crippen molar-refractivity contribution in [1.82, 2.24) is 9.80 Å². The minimum Gasteiger partial charge on any atom is -0.493 e. The summed E-state index contributed by atoms with van der Waals surface area (Å²) < 4.78 is 6.18. The Bertz CT molecular complexity index is 568. The molecule has 3 heteroatoms. The molecule has 1 fully saturated rings. The monoisotopic (exact) mass is 458 g/mol. The van der Waals surface area contributed by atoms with Crippen molar-refractivity contribution in [2.45, 2.75) is 110 Å². The van der Waals surface area contributed by atoms with E-state index in [1.165, 1.54) is 135 Å². The average molecular weight is 459 g/mol. The van der Waals surface area contributed by atoms with Gasteiger partial charge in [0.2, 0.25) is 0 Å². The van der Waals surface area contributed by atoms with Crippen molar-refractivity contribution in [3.63, 3.8) is 0 Å². The number of hydrogen-bond donors (Lipinski definition) is 0. The fraction of sp³-hybridized carbons (Fsp3) is 0.800. The number of likely N-dealkylation sites (N-methyl/N-ethyl adjacent to an activating group) is 1. The van der Waals surface area contributed by atoms with Crippen LogP contribution in [0.25, 0.3) is 0 Å². The van der Waals surface area contributed by atoms with Gasteiger partial charge in [-0.15, -0.1) is 0 Å². The molecule has 0 spiro atoms. The highest BCUT2D eigenvalue weighted by atomic mass is 16.5. The lowest BCUT2D eigenvalue weighted by Gasteiger charge is -2.32. The molecule has 1 aromatic carbocycles. The van der Waals surface area contributed by atoms with Crippen LogP contribution in [0.15, 0.2) is 24.3 Å². The molecule has 1 heterocycles. The van der Waals surface area contributed by atoms with Gasteiger partial charge in [-0.05, 0) is 44.5 Å². The van der Waals surface area contributed by atoms with E-state index in [1.807, 2.05) is 0 Å². The van der Waals surface area contributed by atoms with Gasteiger partial charge in [0.05, 0.1) is 6.61 Å². The maximum atomic E-state index is 6.18. The van der Waals surface area contributed by atoms with Gasteiger partial charge in [-0.3, -0.25) is 0 Å². The van der Waals surface area contributed by atoms with Crippen LogP contribution in [-0.2, 0) is 6.42 Å². The van der Waals surface area contributed by atoms with Crippen molar-refractivity contribution in [1.29, 1.82) is 0 Å². The standard InChI is InChI=1S/C30H54N2O/c1-3-4-5-6-7-8-9-10-11-12-13-14-15-18-28-33-30-22-17-16-20-29(30)21-19-23-32-26-24-31(2)25-27-32/h16-17,20,22H,3-15,18-19,21,23-28H2,1-2H3. The van der Waals surface area contributed by atoms with Crippen LogP contribution < -0.4 is 4.74 Å². The quantitative estimate of drug-likeness (QED) is 0.186. The predicted octanol–water partition coefficient (Wildman–Crippen LogP) is 7.73. The zero-order chi connectivity index (χ0) is 23.4. The number of para-hydroxylation sites is 1. The van der Waals surface area contributed by atoms with E-state index in [9.17, 15) is 0 Å². The molecular formula is C30H54N2O. The van der Waals surface area contributed by atoms with Crippen LogP contribution in [0.1, 0.15) is 109 Å². The number of nitrogens with zero attached hydrogens (tertiary/aromatic N) is 2. The van der Waals surface area contributed by atoms with Gasteiger partial charge in [0, 0.05) is 26.2 Å². The van der Waals surface area contributed by atoms with Gasteiger partial charge in [-0.1, -0.05) is 109 Å². The molecular weight excluding hydrogens is 404 g/mol. The Labute approximate surface area is 206 Å². The van der Waals surface area contributed by atoms with Crippen molar-refractivity contribution in [2.75, 3.05) is 46.4 Å². The molecule has 0 unspecified atom stereocenters. The third kappa shape index (κ3) is 14.1. The predicted molar refractivity (Wildman–Crippen MR) is 145 cm³/mol. The van der Waals surface area contributed by atoms with Crippen molar-refractivity contribution in [3.8, 4) is 5.75 Å². The molecule has 1 saturated heterocycles. The van der Waals surface area contributed by atoms with Gasteiger partial charge in [0.1, 0.15) is 5.75 Å². The number of ether oxygens (including phenoxy) is 1. The number of hydrogen-bond acceptors (Lipinski definition) is 3. The number of benzene rings is 1. The van der Waals surface area contributed by atoms with Crippen LogP contribution in [0.5, 0.6) is 5.75 Å². The summed E-state index contributed by atoms with van der Waals surface area (Å²) in [5, 5.41) is 0. The summed E-state index contributed by atoms with van der Waals surface area (Å²) in [6, 6.07) is 8.69. The van der Waals surface area contributed by atoms with Crippen LogP contribution in [0.3, 0.4) is 0 Å². The van der Waals surface area contributed by atoms with Crippen molar-refractivity contribution in [2.24, 2.45) is 0 Å². The van der Waals surface area contributed by atoms with Crippen LogP contribution in [0.2, 0.25) is 0 Å². The van der Waals surface area contributed by atoms with E-state index in [1.54, 1.807) is 0 Å². The summed E-state index contributed by atoms with van der Waals surface area (Å²) in [5.41, 5.74) is 1.39. The Balaban J connectivity index is 1.42. The molecule has 0 aromatic heterocycles. The molecule has 0 amide bonds. The lowest BCUT2D eigenvalue weighted by Crippen LogP contribution is -2.44. The minimum absolute atomic E-state index is 0.869. The lowest BCUT2D eigenvalue weighted by molar-refractivity contribution is 0.153. The summed E-state index contributed by atoms with van der Waals surface area (Å²) >= 11 is 0. The fourth-order valence-electron chi connectivity index (χ4n) is 4.89. The molecule has 1 aliphatic rings. The van der Waals surface area contributed by atoms with Gasteiger partial charge in [-0.25, -0.2) is 0 Å². The molecule has 0 bridgehead atoms. The fourth-order valence-corrected chi connectivity index (χ4v) is 4.89. The Hall–Kier alpha value is -1.06. The lowest BCUT2D eigenvalue weighted by atomic mass is 10.0. The Morgan fingerprint density at radius 1 is 0.667 bits per heavy atom. The van der Waals surface area contributed by atoms with E-state index in [4.69, 9.17) is 4.74 Å². The normalized spacial score (nSPS) is 15.2. The second kappa shape index (κ2) is 19.3. The molecule has 1 aliphatic heterocycles. The third-order valence-electron chi connectivity index (χ3n) is 7.24. The molecule has 0 N–H and O–H groups in total. The number of piperazine rings is 1. The molecule has 0 radical (unpaired) electrons. The SMILES string of the molecule is CCCCCCCCCCCCCCCCOc1ccccc1CCCN1CCN(C)CC1. The van der Waals surface area contributed by atoms with Crippen LogP contribution >= 0.6 is 0 Å². The van der Waals surface area contributed by atoms with Crippen molar-refractivity contribution >= 4 is 0 Å². The van der Waals surface area contributed by atoms with Crippen LogP contribution in [-0.4, -0.2) is 56.2 Å². The van der Waals surface area contributed by atoms with Crippen LogP contribution in [0.4, 0.5) is 0 Å². The summed E-state index contributed by atoms with van der Waals surface area (Å²) in [4.78, 5) is 5.04. The molecule has 3 nitrogen and oxygen atoms in total. The summed E-state index contributed by atoms with van der Waals surface area (Å²) in [5.74, 6) is 1.12.